The first-order valence-corrected chi connectivity index (χ1v) is 14.2. The van der Waals surface area contributed by atoms with Gasteiger partial charge in [0.2, 0.25) is 14.2 Å². The second kappa shape index (κ2) is 8.81. The molecule has 0 aliphatic rings. The molecule has 5 nitrogen and oxygen atoms in total. The van der Waals surface area contributed by atoms with E-state index in [-0.39, 0.29) is 24.2 Å². The Morgan fingerprint density at radius 2 is 1.33 bits per heavy atom. The Hall–Kier alpha value is -2.30. The summed E-state index contributed by atoms with van der Waals surface area (Å²) in [4.78, 5) is 4.86. The lowest BCUT2D eigenvalue weighted by molar-refractivity contribution is 0.595. The summed E-state index contributed by atoms with van der Waals surface area (Å²) in [5.74, 6) is -0.450. The highest BCUT2D eigenvalue weighted by molar-refractivity contribution is 7.93. The van der Waals surface area contributed by atoms with Crippen LogP contribution in [-0.2, 0) is 19.7 Å². The monoisotopic (exact) mass is 541 g/mol. The lowest BCUT2D eigenvalue weighted by atomic mass is 10.1. The number of halogens is 3. The van der Waals surface area contributed by atoms with Gasteiger partial charge in [0.05, 0.1) is 20.4 Å². The summed E-state index contributed by atoms with van der Waals surface area (Å²) in [6.45, 7) is 0. The molecule has 0 fully saturated rings. The van der Waals surface area contributed by atoms with Crippen LogP contribution in [0.15, 0.2) is 80.9 Å². The van der Waals surface area contributed by atoms with Crippen molar-refractivity contribution < 1.29 is 21.2 Å². The number of rotatable bonds is 5. The van der Waals surface area contributed by atoms with Crippen LogP contribution in [0.4, 0.5) is 4.39 Å². The first-order chi connectivity index (χ1) is 15.4. The number of hydrogen-bond donors (Lipinski definition) is 0. The van der Waals surface area contributed by atoms with E-state index in [0.29, 0.717) is 21.7 Å². The van der Waals surface area contributed by atoms with Crippen molar-refractivity contribution in [2.45, 2.75) is 14.1 Å². The van der Waals surface area contributed by atoms with Gasteiger partial charge in [-0.2, -0.15) is 0 Å². The molecule has 1 heterocycles. The maximum Gasteiger partial charge on any atom is 0.233 e. The molecule has 170 valence electrons. The summed E-state index contributed by atoms with van der Waals surface area (Å²) in [6.07, 6.45) is 1.10. The van der Waals surface area contributed by atoms with Crippen LogP contribution in [-0.4, -0.2) is 28.1 Å². The summed E-state index contributed by atoms with van der Waals surface area (Å²) in [7, 11) is -7.48. The molecule has 1 aromatic heterocycles. The highest BCUT2D eigenvalue weighted by atomic mass is 35.5. The molecule has 11 heteroatoms. The van der Waals surface area contributed by atoms with E-state index in [1.807, 2.05) is 0 Å². The van der Waals surface area contributed by atoms with Crippen molar-refractivity contribution in [3.05, 3.63) is 82.6 Å². The third kappa shape index (κ3) is 4.97. The standard InChI is InChI=1S/C22H14Cl2FNO4S3/c1-32(27,28)18-8-4-14(5-9-18)21-20(13-2-6-17(25)7-3-13)26-22(31-21)33(29,30)19-11-15(23)10-16(24)12-19/h2-12H,1H3. The van der Waals surface area contributed by atoms with Gasteiger partial charge in [0.25, 0.3) is 0 Å². The van der Waals surface area contributed by atoms with E-state index in [2.05, 4.69) is 4.98 Å². The molecule has 0 bridgehead atoms. The molecule has 3 aromatic carbocycles. The molecule has 0 atom stereocenters. The topological polar surface area (TPSA) is 81.2 Å². The lowest BCUT2D eigenvalue weighted by Crippen LogP contribution is -2.01. The Bertz CT molecular complexity index is 1540. The first-order valence-electron chi connectivity index (χ1n) is 9.23. The van der Waals surface area contributed by atoms with Gasteiger partial charge in [-0.05, 0) is 60.2 Å². The van der Waals surface area contributed by atoms with Crippen LogP contribution in [0.3, 0.4) is 0 Å². The molecule has 0 saturated heterocycles. The van der Waals surface area contributed by atoms with Crippen molar-refractivity contribution in [3.63, 3.8) is 0 Å². The van der Waals surface area contributed by atoms with Gasteiger partial charge >= 0.3 is 0 Å². The van der Waals surface area contributed by atoms with E-state index in [1.54, 1.807) is 12.1 Å². The number of thiazole rings is 1. The highest BCUT2D eigenvalue weighted by Crippen LogP contribution is 2.40. The van der Waals surface area contributed by atoms with Crippen LogP contribution in [0.2, 0.25) is 10.0 Å². The van der Waals surface area contributed by atoms with Crippen LogP contribution in [0.25, 0.3) is 21.7 Å². The summed E-state index contributed by atoms with van der Waals surface area (Å²) in [5.41, 5.74) is 1.38. The van der Waals surface area contributed by atoms with Crippen molar-refractivity contribution in [1.82, 2.24) is 4.98 Å². The SMILES string of the molecule is CS(=O)(=O)c1ccc(-c2sc(S(=O)(=O)c3cc(Cl)cc(Cl)c3)nc2-c2ccc(F)cc2)cc1. The quantitative estimate of drug-likeness (QED) is 0.302. The van der Waals surface area contributed by atoms with Gasteiger partial charge in [-0.1, -0.05) is 35.3 Å². The van der Waals surface area contributed by atoms with Crippen molar-refractivity contribution in [2.75, 3.05) is 6.26 Å². The van der Waals surface area contributed by atoms with E-state index in [0.717, 1.165) is 17.6 Å². The van der Waals surface area contributed by atoms with Crippen molar-refractivity contribution in [2.24, 2.45) is 0 Å². The molecular weight excluding hydrogens is 528 g/mol. The molecular formula is C22H14Cl2FNO4S3. The Morgan fingerprint density at radius 3 is 1.88 bits per heavy atom. The van der Waals surface area contributed by atoms with Gasteiger partial charge in [-0.3, -0.25) is 0 Å². The molecule has 33 heavy (non-hydrogen) atoms. The molecule has 0 saturated carbocycles. The van der Waals surface area contributed by atoms with E-state index in [1.165, 1.54) is 54.6 Å². The third-order valence-electron chi connectivity index (χ3n) is 4.65. The largest absolute Gasteiger partial charge is 0.233 e. The highest BCUT2D eigenvalue weighted by Gasteiger charge is 2.27. The average Bonchev–Trinajstić information content (AvgIpc) is 3.19. The van der Waals surface area contributed by atoms with Crippen LogP contribution >= 0.6 is 34.5 Å². The summed E-state index contributed by atoms with van der Waals surface area (Å²) < 4.78 is 63.5. The first kappa shape index (κ1) is 23.8. The zero-order valence-corrected chi connectivity index (χ0v) is 20.8. The average molecular weight is 542 g/mol. The fourth-order valence-corrected chi connectivity index (χ4v) is 7.12. The molecule has 4 rings (SSSR count). The molecule has 0 aliphatic carbocycles. The van der Waals surface area contributed by atoms with Gasteiger partial charge in [-0.25, -0.2) is 26.2 Å². The van der Waals surface area contributed by atoms with E-state index in [9.17, 15) is 21.2 Å². The molecule has 0 unspecified atom stereocenters. The fourth-order valence-electron chi connectivity index (χ4n) is 3.05. The molecule has 4 aromatic rings. The number of sulfone groups is 2. The summed E-state index contributed by atoms with van der Waals surface area (Å²) >= 11 is 12.9. The van der Waals surface area contributed by atoms with Crippen LogP contribution in [0, 0.1) is 5.82 Å². The minimum atomic E-state index is -4.07. The molecule has 0 aliphatic heterocycles. The summed E-state index contributed by atoms with van der Waals surface area (Å²) in [5, 5.41) is 0.320. The van der Waals surface area contributed by atoms with E-state index in [4.69, 9.17) is 23.2 Å². The molecule has 0 N–H and O–H groups in total. The second-order valence-corrected chi connectivity index (χ2v) is 13.1. The second-order valence-electron chi connectivity index (χ2n) is 7.07. The fraction of sp³-hybridized carbons (Fsp3) is 0.0455. The maximum atomic E-state index is 13.5. The maximum absolute atomic E-state index is 13.5. The minimum absolute atomic E-state index is 0.113. The van der Waals surface area contributed by atoms with E-state index >= 15 is 0 Å². The summed E-state index contributed by atoms with van der Waals surface area (Å²) in [6, 6.07) is 15.5. The Labute approximate surface area is 204 Å². The zero-order chi connectivity index (χ0) is 24.0. The lowest BCUT2D eigenvalue weighted by Gasteiger charge is -2.04. The van der Waals surface area contributed by atoms with Crippen LogP contribution < -0.4 is 0 Å². The number of benzene rings is 3. The third-order valence-corrected chi connectivity index (χ3v) is 9.43. The van der Waals surface area contributed by atoms with Gasteiger partial charge in [0.15, 0.2) is 9.84 Å². The number of aromatic nitrogens is 1. The minimum Gasteiger partial charge on any atom is -0.224 e. The van der Waals surface area contributed by atoms with Gasteiger partial charge in [-0.15, -0.1) is 11.3 Å². The van der Waals surface area contributed by atoms with Gasteiger partial charge in [0.1, 0.15) is 5.82 Å². The van der Waals surface area contributed by atoms with Crippen LogP contribution in [0.1, 0.15) is 0 Å². The number of nitrogens with zero attached hydrogens (tertiary/aromatic N) is 1. The molecule has 0 amide bonds. The van der Waals surface area contributed by atoms with Crippen molar-refractivity contribution in [3.8, 4) is 21.7 Å². The van der Waals surface area contributed by atoms with Gasteiger partial charge < -0.3 is 0 Å². The zero-order valence-electron chi connectivity index (χ0n) is 16.8. The van der Waals surface area contributed by atoms with Gasteiger partial charge in [0, 0.05) is 21.9 Å². The van der Waals surface area contributed by atoms with Crippen molar-refractivity contribution >= 4 is 54.2 Å². The Balaban J connectivity index is 1.91. The molecule has 0 radical (unpaired) electrons. The van der Waals surface area contributed by atoms with E-state index < -0.39 is 25.5 Å². The predicted molar refractivity (Wildman–Crippen MR) is 128 cm³/mol. The number of hydrogen-bond acceptors (Lipinski definition) is 6. The van der Waals surface area contributed by atoms with Crippen molar-refractivity contribution in [1.29, 1.82) is 0 Å². The molecule has 0 spiro atoms. The normalized spacial score (nSPS) is 12.1. The van der Waals surface area contributed by atoms with Crippen LogP contribution in [0.5, 0.6) is 0 Å². The predicted octanol–water partition coefficient (Wildman–Crippen LogP) is 6.16. The Kier molecular flexibility index (Phi) is 6.36. The smallest absolute Gasteiger partial charge is 0.224 e. The Morgan fingerprint density at radius 1 is 0.788 bits per heavy atom.